The van der Waals surface area contributed by atoms with E-state index in [0.29, 0.717) is 25.0 Å². The van der Waals surface area contributed by atoms with E-state index >= 15 is 0 Å². The van der Waals surface area contributed by atoms with Crippen LogP contribution < -0.4 is 15.0 Å². The summed E-state index contributed by atoms with van der Waals surface area (Å²) in [6, 6.07) is 13.3. The highest BCUT2D eigenvalue weighted by Crippen LogP contribution is 2.34. The van der Waals surface area contributed by atoms with Gasteiger partial charge in [-0.15, -0.1) is 0 Å². The number of fused-ring (bicyclic) bond motifs is 1. The predicted molar refractivity (Wildman–Crippen MR) is 174 cm³/mol. The van der Waals surface area contributed by atoms with E-state index in [2.05, 4.69) is 81.3 Å². The van der Waals surface area contributed by atoms with Gasteiger partial charge in [-0.05, 0) is 107 Å². The molecule has 8 nitrogen and oxygen atoms in total. The second-order valence-corrected chi connectivity index (χ2v) is 13.7. The van der Waals surface area contributed by atoms with Crippen LogP contribution in [0.1, 0.15) is 75.5 Å². The summed E-state index contributed by atoms with van der Waals surface area (Å²) in [5, 5.41) is 8.18. The van der Waals surface area contributed by atoms with Crippen molar-refractivity contribution in [2.24, 2.45) is 13.0 Å². The molecular formula is C34H44BrN5O3. The SMILES string of the molecule is Cc1cc(OC2CCC(CC[C@H](C)N3CCN(c4ccc5c(C6CCC(=O)NC6=O)nn(C)c5c4)CC3)CC2)ccc1Br. The van der Waals surface area contributed by atoms with Crippen molar-refractivity contribution < 1.29 is 14.3 Å². The van der Waals surface area contributed by atoms with Crippen molar-refractivity contribution in [3.05, 3.63) is 52.1 Å². The van der Waals surface area contributed by atoms with Crippen molar-refractivity contribution in [3.63, 3.8) is 0 Å². The van der Waals surface area contributed by atoms with Gasteiger partial charge >= 0.3 is 0 Å². The maximum Gasteiger partial charge on any atom is 0.235 e. The Morgan fingerprint density at radius 1 is 1.02 bits per heavy atom. The Balaban J connectivity index is 0.966. The molecule has 230 valence electrons. The normalized spacial score (nSPS) is 24.3. The van der Waals surface area contributed by atoms with Crippen molar-refractivity contribution in [2.75, 3.05) is 31.1 Å². The number of amides is 2. The highest BCUT2D eigenvalue weighted by Gasteiger charge is 2.32. The lowest BCUT2D eigenvalue weighted by Gasteiger charge is -2.39. The molecule has 43 heavy (non-hydrogen) atoms. The van der Waals surface area contributed by atoms with Gasteiger partial charge in [0.25, 0.3) is 0 Å². The summed E-state index contributed by atoms with van der Waals surface area (Å²) < 4.78 is 9.31. The van der Waals surface area contributed by atoms with Crippen molar-refractivity contribution in [1.29, 1.82) is 0 Å². The van der Waals surface area contributed by atoms with E-state index in [0.717, 1.165) is 71.8 Å². The highest BCUT2D eigenvalue weighted by atomic mass is 79.9. The van der Waals surface area contributed by atoms with E-state index in [4.69, 9.17) is 9.84 Å². The van der Waals surface area contributed by atoms with Gasteiger partial charge in [0.1, 0.15) is 5.75 Å². The van der Waals surface area contributed by atoms with Crippen LogP contribution in [0.4, 0.5) is 5.69 Å². The molecule has 2 atom stereocenters. The first kappa shape index (κ1) is 30.1. The van der Waals surface area contributed by atoms with Crippen molar-refractivity contribution in [1.82, 2.24) is 20.0 Å². The fourth-order valence-electron chi connectivity index (χ4n) is 7.18. The van der Waals surface area contributed by atoms with Crippen LogP contribution in [-0.4, -0.2) is 64.8 Å². The summed E-state index contributed by atoms with van der Waals surface area (Å²) in [5.74, 6) is 0.999. The number of ether oxygens (including phenoxy) is 1. The standard InChI is InChI=1S/C34H44BrN5O3/c1-22-20-27(11-14-30(22)35)43-26-9-6-24(7-10-26)5-4-23(2)39-16-18-40(19-17-39)25-8-12-28-31(21-25)38(3)37-33(28)29-13-15-32(41)36-34(29)42/h8,11-12,14,20-21,23-24,26,29H,4-7,9-10,13,15-19H2,1-3H3,(H,36,41,42)/t23-,24?,26?,29?/m0/s1. The lowest BCUT2D eigenvalue weighted by atomic mass is 9.83. The Hall–Kier alpha value is -2.91. The summed E-state index contributed by atoms with van der Waals surface area (Å²) in [6.45, 7) is 8.66. The maximum absolute atomic E-state index is 12.5. The summed E-state index contributed by atoms with van der Waals surface area (Å²) in [6.07, 6.45) is 8.62. The largest absolute Gasteiger partial charge is 0.490 e. The number of piperidine rings is 1. The number of piperazine rings is 1. The van der Waals surface area contributed by atoms with Crippen LogP contribution in [0.25, 0.3) is 10.9 Å². The molecule has 0 bridgehead atoms. The molecule has 2 saturated heterocycles. The summed E-state index contributed by atoms with van der Waals surface area (Å²) in [7, 11) is 1.93. The average molecular weight is 651 g/mol. The van der Waals surface area contributed by atoms with Gasteiger partial charge in [-0.2, -0.15) is 5.10 Å². The number of rotatable bonds is 8. The van der Waals surface area contributed by atoms with Crippen LogP contribution in [0, 0.1) is 12.8 Å². The van der Waals surface area contributed by atoms with Gasteiger partial charge in [0.15, 0.2) is 0 Å². The molecule has 0 spiro atoms. The number of imide groups is 1. The van der Waals surface area contributed by atoms with Crippen LogP contribution in [0.2, 0.25) is 0 Å². The number of carbonyl (C=O) groups excluding carboxylic acids is 2. The number of benzene rings is 2. The van der Waals surface area contributed by atoms with Crippen LogP contribution in [0.3, 0.4) is 0 Å². The van der Waals surface area contributed by atoms with Crippen molar-refractivity contribution in [3.8, 4) is 5.75 Å². The maximum atomic E-state index is 12.5. The smallest absolute Gasteiger partial charge is 0.235 e. The van der Waals surface area contributed by atoms with Crippen LogP contribution in [0.15, 0.2) is 40.9 Å². The first-order chi connectivity index (χ1) is 20.7. The van der Waals surface area contributed by atoms with Gasteiger partial charge in [-0.1, -0.05) is 15.9 Å². The molecule has 2 amide bonds. The number of aryl methyl sites for hydroxylation is 2. The summed E-state index contributed by atoms with van der Waals surface area (Å²) in [4.78, 5) is 29.2. The van der Waals surface area contributed by atoms with Gasteiger partial charge in [0.05, 0.1) is 23.2 Å². The molecule has 3 heterocycles. The van der Waals surface area contributed by atoms with E-state index in [9.17, 15) is 9.59 Å². The monoisotopic (exact) mass is 649 g/mol. The number of hydrogen-bond donors (Lipinski definition) is 1. The Labute approximate surface area is 263 Å². The number of nitrogens with one attached hydrogen (secondary N) is 1. The third kappa shape index (κ3) is 6.78. The number of aromatic nitrogens is 2. The minimum atomic E-state index is -0.373. The van der Waals surface area contributed by atoms with Crippen LogP contribution >= 0.6 is 15.9 Å². The number of carbonyl (C=O) groups is 2. The fourth-order valence-corrected chi connectivity index (χ4v) is 7.43. The molecule has 9 heteroatoms. The molecule has 1 aliphatic carbocycles. The summed E-state index contributed by atoms with van der Waals surface area (Å²) in [5.41, 5.74) is 4.22. The second kappa shape index (κ2) is 13.0. The molecule has 1 unspecified atom stereocenters. The zero-order valence-corrected chi connectivity index (χ0v) is 27.2. The first-order valence-electron chi connectivity index (χ1n) is 16.0. The lowest BCUT2D eigenvalue weighted by Crippen LogP contribution is -2.49. The van der Waals surface area contributed by atoms with Crippen molar-refractivity contribution >= 4 is 44.3 Å². The molecule has 0 radical (unpaired) electrons. The lowest BCUT2D eigenvalue weighted by molar-refractivity contribution is -0.134. The molecule has 1 saturated carbocycles. The predicted octanol–water partition coefficient (Wildman–Crippen LogP) is 6.09. The molecule has 1 aromatic heterocycles. The molecule has 1 N–H and O–H groups in total. The molecule has 6 rings (SSSR count). The molecule has 2 aromatic carbocycles. The van der Waals surface area contributed by atoms with E-state index in [-0.39, 0.29) is 17.7 Å². The van der Waals surface area contributed by atoms with E-state index in [1.165, 1.54) is 36.9 Å². The zero-order valence-electron chi connectivity index (χ0n) is 25.7. The molecule has 2 aliphatic heterocycles. The highest BCUT2D eigenvalue weighted by molar-refractivity contribution is 9.10. The van der Waals surface area contributed by atoms with Gasteiger partial charge in [-0.3, -0.25) is 24.5 Å². The molecule has 3 aromatic rings. The van der Waals surface area contributed by atoms with E-state index in [1.807, 2.05) is 11.7 Å². The van der Waals surface area contributed by atoms with Crippen molar-refractivity contribution in [2.45, 2.75) is 83.3 Å². The first-order valence-corrected chi connectivity index (χ1v) is 16.8. The van der Waals surface area contributed by atoms with Gasteiger partial charge in [-0.25, -0.2) is 0 Å². The number of halogens is 1. The zero-order chi connectivity index (χ0) is 30.1. The Morgan fingerprint density at radius 3 is 2.51 bits per heavy atom. The topological polar surface area (TPSA) is 79.7 Å². The van der Waals surface area contributed by atoms with Crippen LogP contribution in [0.5, 0.6) is 5.75 Å². The minimum absolute atomic E-state index is 0.196. The fraction of sp³-hybridized carbons (Fsp3) is 0.559. The van der Waals surface area contributed by atoms with Gasteiger partial charge in [0, 0.05) is 61.2 Å². The Kier molecular flexibility index (Phi) is 9.10. The number of anilines is 1. The second-order valence-electron chi connectivity index (χ2n) is 12.8. The van der Waals surface area contributed by atoms with Crippen LogP contribution in [-0.2, 0) is 16.6 Å². The van der Waals surface area contributed by atoms with Gasteiger partial charge < -0.3 is 9.64 Å². The van der Waals surface area contributed by atoms with E-state index in [1.54, 1.807) is 0 Å². The molecule has 3 aliphatic rings. The number of nitrogens with zero attached hydrogens (tertiary/aromatic N) is 4. The molecular weight excluding hydrogens is 606 g/mol. The van der Waals surface area contributed by atoms with Gasteiger partial charge in [0.2, 0.25) is 11.8 Å². The Morgan fingerprint density at radius 2 is 1.79 bits per heavy atom. The third-order valence-corrected chi connectivity index (χ3v) is 10.8. The Bertz CT molecular complexity index is 1470. The average Bonchev–Trinajstić information content (AvgIpc) is 3.33. The molecule has 3 fully saturated rings. The quantitative estimate of drug-likeness (QED) is 0.298. The van der Waals surface area contributed by atoms with E-state index < -0.39 is 0 Å². The third-order valence-electron chi connectivity index (χ3n) is 9.95. The minimum Gasteiger partial charge on any atom is -0.490 e. The number of hydrogen-bond acceptors (Lipinski definition) is 6. The summed E-state index contributed by atoms with van der Waals surface area (Å²) >= 11 is 3.58.